The highest BCUT2D eigenvalue weighted by Gasteiger charge is 2.31. The van der Waals surface area contributed by atoms with Crippen LogP contribution in [-0.2, 0) is 20.7 Å². The summed E-state index contributed by atoms with van der Waals surface area (Å²) in [6.07, 6.45) is 2.68. The normalized spacial score (nSPS) is 17.3. The Morgan fingerprint density at radius 2 is 1.80 bits per heavy atom. The van der Waals surface area contributed by atoms with Crippen LogP contribution in [0.2, 0.25) is 0 Å². The summed E-state index contributed by atoms with van der Waals surface area (Å²) in [7, 11) is 1.64. The van der Waals surface area contributed by atoms with E-state index in [0.717, 1.165) is 45.5 Å². The number of benzene rings is 2. The SMILES string of the molecule is COc1ccc(/C=C2\CCc3c2nc2ccccc2c3C(=O)OC(C)C(=O)N2CCOCC2)cc1. The van der Waals surface area contributed by atoms with Gasteiger partial charge in [-0.2, -0.15) is 0 Å². The average Bonchev–Trinajstić information content (AvgIpc) is 3.29. The molecule has 7 heteroatoms. The molecule has 1 atom stereocenters. The molecule has 5 rings (SSSR count). The highest BCUT2D eigenvalue weighted by Crippen LogP contribution is 2.38. The van der Waals surface area contributed by atoms with Gasteiger partial charge in [0.25, 0.3) is 5.91 Å². The van der Waals surface area contributed by atoms with Crippen molar-refractivity contribution in [3.63, 3.8) is 0 Å². The van der Waals surface area contributed by atoms with Crippen LogP contribution >= 0.6 is 0 Å². The number of methoxy groups -OCH3 is 1. The number of esters is 1. The lowest BCUT2D eigenvalue weighted by Crippen LogP contribution is -2.46. The summed E-state index contributed by atoms with van der Waals surface area (Å²) in [4.78, 5) is 32.9. The molecule has 1 aromatic heterocycles. The molecule has 1 amide bonds. The van der Waals surface area contributed by atoms with Gasteiger partial charge in [0.05, 0.1) is 37.1 Å². The predicted molar refractivity (Wildman–Crippen MR) is 133 cm³/mol. The van der Waals surface area contributed by atoms with Gasteiger partial charge in [-0.3, -0.25) is 4.79 Å². The van der Waals surface area contributed by atoms with Crippen molar-refractivity contribution in [2.45, 2.75) is 25.9 Å². The van der Waals surface area contributed by atoms with E-state index in [1.807, 2.05) is 48.5 Å². The number of aromatic nitrogens is 1. The summed E-state index contributed by atoms with van der Waals surface area (Å²) in [5, 5.41) is 0.743. The monoisotopic (exact) mass is 472 g/mol. The Morgan fingerprint density at radius 1 is 1.06 bits per heavy atom. The highest BCUT2D eigenvalue weighted by atomic mass is 16.5. The summed E-state index contributed by atoms with van der Waals surface area (Å²) in [6.45, 7) is 3.65. The first kappa shape index (κ1) is 23.1. The predicted octanol–water partition coefficient (Wildman–Crippen LogP) is 4.13. The lowest BCUT2D eigenvalue weighted by atomic mass is 10.0. The van der Waals surface area contributed by atoms with Gasteiger partial charge in [-0.05, 0) is 60.7 Å². The van der Waals surface area contributed by atoms with E-state index in [1.165, 1.54) is 0 Å². The third kappa shape index (κ3) is 4.64. The van der Waals surface area contributed by atoms with Crippen LogP contribution in [-0.4, -0.2) is 61.3 Å². The standard InChI is InChI=1S/C28H28N2O5/c1-18(27(31)30-13-15-34-16-14-30)35-28(32)25-22-5-3-4-6-24(22)29-26-20(9-12-23(25)26)17-19-7-10-21(33-2)11-8-19/h3-8,10-11,17-18H,9,12-16H2,1-2H3/b20-17+. The molecule has 1 aliphatic heterocycles. The van der Waals surface area contributed by atoms with Crippen LogP contribution in [0.4, 0.5) is 0 Å². The van der Waals surface area contributed by atoms with E-state index in [-0.39, 0.29) is 5.91 Å². The van der Waals surface area contributed by atoms with Crippen molar-refractivity contribution in [3.8, 4) is 5.75 Å². The Bertz CT molecular complexity index is 1290. The van der Waals surface area contributed by atoms with E-state index in [2.05, 4.69) is 6.08 Å². The van der Waals surface area contributed by atoms with Gasteiger partial charge in [-0.15, -0.1) is 0 Å². The fourth-order valence-electron chi connectivity index (χ4n) is 4.72. The number of ether oxygens (including phenoxy) is 3. The number of pyridine rings is 1. The molecule has 2 aliphatic rings. The maximum atomic E-state index is 13.5. The lowest BCUT2D eigenvalue weighted by molar-refractivity contribution is -0.143. The second kappa shape index (κ2) is 9.88. The third-order valence-electron chi connectivity index (χ3n) is 6.56. The van der Waals surface area contributed by atoms with Crippen LogP contribution < -0.4 is 4.74 Å². The summed E-state index contributed by atoms with van der Waals surface area (Å²) in [5.41, 5.74) is 5.04. The van der Waals surface area contributed by atoms with Crippen molar-refractivity contribution in [1.82, 2.24) is 9.88 Å². The summed E-state index contributed by atoms with van der Waals surface area (Å²) in [5.74, 6) is 0.116. The van der Waals surface area contributed by atoms with Gasteiger partial charge in [-0.1, -0.05) is 30.3 Å². The first-order chi connectivity index (χ1) is 17.0. The van der Waals surface area contributed by atoms with Crippen molar-refractivity contribution >= 4 is 34.4 Å². The van der Waals surface area contributed by atoms with Gasteiger partial charge in [0, 0.05) is 18.5 Å². The number of amides is 1. The van der Waals surface area contributed by atoms with Crippen molar-refractivity contribution in [2.75, 3.05) is 33.4 Å². The number of carbonyl (C=O) groups excluding carboxylic acids is 2. The zero-order chi connectivity index (χ0) is 24.4. The van der Waals surface area contributed by atoms with Gasteiger partial charge in [-0.25, -0.2) is 9.78 Å². The van der Waals surface area contributed by atoms with Crippen molar-refractivity contribution in [3.05, 3.63) is 70.9 Å². The average molecular weight is 473 g/mol. The van der Waals surface area contributed by atoms with Crippen molar-refractivity contribution in [1.29, 1.82) is 0 Å². The second-order valence-electron chi connectivity index (χ2n) is 8.76. The molecule has 3 aromatic rings. The number of rotatable bonds is 5. The molecule has 0 radical (unpaired) electrons. The smallest absolute Gasteiger partial charge is 0.339 e. The molecule has 0 N–H and O–H groups in total. The van der Waals surface area contributed by atoms with Crippen LogP contribution in [0, 0.1) is 0 Å². The number of fused-ring (bicyclic) bond motifs is 2. The molecule has 0 saturated carbocycles. The van der Waals surface area contributed by atoms with Crippen molar-refractivity contribution < 1.29 is 23.8 Å². The van der Waals surface area contributed by atoms with E-state index < -0.39 is 12.1 Å². The van der Waals surface area contributed by atoms with Crippen molar-refractivity contribution in [2.24, 2.45) is 0 Å². The molecule has 1 aliphatic carbocycles. The fourth-order valence-corrected chi connectivity index (χ4v) is 4.72. The zero-order valence-electron chi connectivity index (χ0n) is 20.0. The van der Waals surface area contributed by atoms with E-state index in [4.69, 9.17) is 19.2 Å². The fraction of sp³-hybridized carbons (Fsp3) is 0.321. The minimum atomic E-state index is -0.876. The molecule has 2 heterocycles. The largest absolute Gasteiger partial charge is 0.497 e. The lowest BCUT2D eigenvalue weighted by Gasteiger charge is -2.29. The quantitative estimate of drug-likeness (QED) is 0.520. The van der Waals surface area contributed by atoms with Gasteiger partial charge in [0.15, 0.2) is 6.10 Å². The van der Waals surface area contributed by atoms with E-state index in [9.17, 15) is 9.59 Å². The van der Waals surface area contributed by atoms with Gasteiger partial charge >= 0.3 is 5.97 Å². The second-order valence-corrected chi connectivity index (χ2v) is 8.76. The minimum absolute atomic E-state index is 0.197. The maximum absolute atomic E-state index is 13.5. The summed E-state index contributed by atoms with van der Waals surface area (Å²) >= 11 is 0. The van der Waals surface area contributed by atoms with Crippen LogP contribution in [0.15, 0.2) is 48.5 Å². The number of para-hydroxylation sites is 1. The van der Waals surface area contributed by atoms with Gasteiger partial charge in [0.2, 0.25) is 0 Å². The molecule has 1 unspecified atom stereocenters. The van der Waals surface area contributed by atoms with E-state index in [1.54, 1.807) is 18.9 Å². The minimum Gasteiger partial charge on any atom is -0.497 e. The zero-order valence-corrected chi connectivity index (χ0v) is 20.0. The summed E-state index contributed by atoms with van der Waals surface area (Å²) < 4.78 is 16.3. The highest BCUT2D eigenvalue weighted by molar-refractivity contribution is 6.07. The number of morpholine rings is 1. The molecule has 180 valence electrons. The first-order valence-electron chi connectivity index (χ1n) is 11.9. The molecule has 35 heavy (non-hydrogen) atoms. The number of hydrogen-bond acceptors (Lipinski definition) is 6. The molecule has 2 aromatic carbocycles. The Kier molecular flexibility index (Phi) is 6.51. The topological polar surface area (TPSA) is 78.0 Å². The third-order valence-corrected chi connectivity index (χ3v) is 6.56. The Balaban J connectivity index is 1.48. The first-order valence-corrected chi connectivity index (χ1v) is 11.9. The van der Waals surface area contributed by atoms with Crippen LogP contribution in [0.25, 0.3) is 22.6 Å². The van der Waals surface area contributed by atoms with Gasteiger partial charge < -0.3 is 19.1 Å². The molecule has 0 spiro atoms. The van der Waals surface area contributed by atoms with Crippen LogP contribution in [0.5, 0.6) is 5.75 Å². The molecular weight excluding hydrogens is 444 g/mol. The van der Waals surface area contributed by atoms with Crippen LogP contribution in [0.1, 0.15) is 40.5 Å². The molecule has 7 nitrogen and oxygen atoms in total. The number of nitrogens with zero attached hydrogens (tertiary/aromatic N) is 2. The maximum Gasteiger partial charge on any atom is 0.339 e. The Morgan fingerprint density at radius 3 is 2.54 bits per heavy atom. The summed E-state index contributed by atoms with van der Waals surface area (Å²) in [6, 6.07) is 15.4. The van der Waals surface area contributed by atoms with Crippen LogP contribution in [0.3, 0.4) is 0 Å². The Hall–Kier alpha value is -3.71. The molecule has 1 fully saturated rings. The van der Waals surface area contributed by atoms with Gasteiger partial charge in [0.1, 0.15) is 5.75 Å². The molecule has 0 bridgehead atoms. The number of allylic oxidation sites excluding steroid dienone is 1. The molecule has 1 saturated heterocycles. The van der Waals surface area contributed by atoms with E-state index >= 15 is 0 Å². The molecular formula is C28H28N2O5. The Labute approximate surface area is 204 Å². The van der Waals surface area contributed by atoms with E-state index in [0.29, 0.717) is 38.3 Å². The number of hydrogen-bond donors (Lipinski definition) is 0. The number of carbonyl (C=O) groups is 2.